The van der Waals surface area contributed by atoms with Crippen molar-refractivity contribution in [1.29, 1.82) is 0 Å². The summed E-state index contributed by atoms with van der Waals surface area (Å²) >= 11 is 0. The van der Waals surface area contributed by atoms with Gasteiger partial charge in [0.1, 0.15) is 11.9 Å². The Balaban J connectivity index is 2.46. The van der Waals surface area contributed by atoms with E-state index in [1.54, 1.807) is 30.3 Å². The van der Waals surface area contributed by atoms with Gasteiger partial charge in [0.25, 0.3) is 0 Å². The Bertz CT molecular complexity index is 586. The third-order valence-corrected chi connectivity index (χ3v) is 2.66. The molecule has 1 amide bonds. The van der Waals surface area contributed by atoms with Crippen LogP contribution in [-0.2, 0) is 6.61 Å². The third kappa shape index (κ3) is 2.71. The molecule has 0 aliphatic carbocycles. The van der Waals surface area contributed by atoms with Crippen molar-refractivity contribution >= 4 is 17.5 Å². The monoisotopic (exact) mass is 260 g/mol. The van der Waals surface area contributed by atoms with Crippen molar-refractivity contribution in [2.75, 3.05) is 4.90 Å². The molecule has 0 spiro atoms. The van der Waals surface area contributed by atoms with Crippen LogP contribution in [0.5, 0.6) is 0 Å². The Morgan fingerprint density at radius 2 is 1.84 bits per heavy atom. The highest BCUT2D eigenvalue weighted by molar-refractivity contribution is 5.93. The number of para-hydroxylation sites is 1. The summed E-state index contributed by atoms with van der Waals surface area (Å²) in [5.41, 5.74) is 0.592. The molecule has 2 aromatic rings. The SMILES string of the molecule is O=C([O-])N(c1ccccc1)c1ccc(CO)c(F)c1. The van der Waals surface area contributed by atoms with Crippen LogP contribution in [0.15, 0.2) is 48.5 Å². The average molecular weight is 260 g/mol. The minimum Gasteiger partial charge on any atom is -0.529 e. The molecule has 19 heavy (non-hydrogen) atoms. The molecule has 0 atom stereocenters. The van der Waals surface area contributed by atoms with Gasteiger partial charge in [0.15, 0.2) is 0 Å². The van der Waals surface area contributed by atoms with Gasteiger partial charge in [0.2, 0.25) is 0 Å². The lowest BCUT2D eigenvalue weighted by Gasteiger charge is -2.25. The van der Waals surface area contributed by atoms with Crippen LogP contribution < -0.4 is 10.0 Å². The van der Waals surface area contributed by atoms with E-state index in [1.807, 2.05) is 0 Å². The summed E-state index contributed by atoms with van der Waals surface area (Å²) in [6.45, 7) is -0.442. The van der Waals surface area contributed by atoms with Crippen LogP contribution in [0.2, 0.25) is 0 Å². The van der Waals surface area contributed by atoms with Crippen LogP contribution in [-0.4, -0.2) is 11.2 Å². The van der Waals surface area contributed by atoms with Crippen molar-refractivity contribution < 1.29 is 19.4 Å². The maximum atomic E-state index is 13.6. The van der Waals surface area contributed by atoms with E-state index in [0.29, 0.717) is 5.69 Å². The lowest BCUT2D eigenvalue weighted by Crippen LogP contribution is -2.38. The summed E-state index contributed by atoms with van der Waals surface area (Å²) in [7, 11) is 0. The first-order valence-corrected chi connectivity index (χ1v) is 5.59. The maximum absolute atomic E-state index is 13.6. The Labute approximate surface area is 109 Å². The van der Waals surface area contributed by atoms with Crippen LogP contribution in [0.25, 0.3) is 0 Å². The number of aliphatic hydroxyl groups excluding tert-OH is 1. The van der Waals surface area contributed by atoms with E-state index in [-0.39, 0.29) is 11.3 Å². The second-order valence-electron chi connectivity index (χ2n) is 3.87. The predicted molar refractivity (Wildman–Crippen MR) is 66.3 cm³/mol. The largest absolute Gasteiger partial charge is 0.529 e. The molecular weight excluding hydrogens is 249 g/mol. The summed E-state index contributed by atoms with van der Waals surface area (Å²) in [5.74, 6) is -0.665. The lowest BCUT2D eigenvalue weighted by molar-refractivity contribution is -0.245. The smallest absolute Gasteiger partial charge is 0.146 e. The van der Waals surface area contributed by atoms with Crippen LogP contribution >= 0.6 is 0 Å². The maximum Gasteiger partial charge on any atom is 0.146 e. The number of carboxylic acid groups (broad SMARTS) is 1. The van der Waals surface area contributed by atoms with Crippen molar-refractivity contribution in [1.82, 2.24) is 0 Å². The lowest BCUT2D eigenvalue weighted by atomic mass is 10.2. The summed E-state index contributed by atoms with van der Waals surface area (Å²) in [6, 6.07) is 12.0. The first-order chi connectivity index (χ1) is 9.13. The molecule has 2 rings (SSSR count). The topological polar surface area (TPSA) is 63.6 Å². The van der Waals surface area contributed by atoms with Crippen molar-refractivity contribution in [2.24, 2.45) is 0 Å². The van der Waals surface area contributed by atoms with Crippen molar-refractivity contribution in [3.63, 3.8) is 0 Å². The predicted octanol–water partition coefficient (Wildman–Crippen LogP) is 1.80. The highest BCUT2D eigenvalue weighted by Crippen LogP contribution is 2.26. The number of rotatable bonds is 3. The van der Waals surface area contributed by atoms with Gasteiger partial charge in [0, 0.05) is 11.3 Å². The molecule has 0 unspecified atom stereocenters. The Morgan fingerprint density at radius 3 is 2.37 bits per heavy atom. The summed E-state index contributed by atoms with van der Waals surface area (Å²) < 4.78 is 13.6. The van der Waals surface area contributed by atoms with Crippen molar-refractivity contribution in [2.45, 2.75) is 6.61 Å². The van der Waals surface area contributed by atoms with Gasteiger partial charge in [-0.1, -0.05) is 24.3 Å². The summed E-state index contributed by atoms with van der Waals surface area (Å²) in [4.78, 5) is 12.1. The number of benzene rings is 2. The zero-order valence-corrected chi connectivity index (χ0v) is 9.91. The molecule has 0 fully saturated rings. The van der Waals surface area contributed by atoms with E-state index < -0.39 is 18.5 Å². The normalized spacial score (nSPS) is 10.2. The molecule has 0 aliphatic rings. The Hall–Kier alpha value is -2.40. The van der Waals surface area contributed by atoms with Crippen molar-refractivity contribution in [3.05, 3.63) is 59.9 Å². The van der Waals surface area contributed by atoms with Gasteiger partial charge in [0.05, 0.1) is 12.3 Å². The quantitative estimate of drug-likeness (QED) is 0.915. The molecule has 98 valence electrons. The van der Waals surface area contributed by atoms with E-state index in [1.165, 1.54) is 12.1 Å². The fourth-order valence-corrected chi connectivity index (χ4v) is 1.74. The number of hydrogen-bond donors (Lipinski definition) is 1. The van der Waals surface area contributed by atoms with Crippen LogP contribution in [0.4, 0.5) is 20.6 Å². The van der Waals surface area contributed by atoms with Gasteiger partial charge < -0.3 is 15.0 Å². The zero-order valence-electron chi connectivity index (χ0n) is 9.91. The van der Waals surface area contributed by atoms with Gasteiger partial charge in [-0.3, -0.25) is 4.90 Å². The molecule has 0 aliphatic heterocycles. The van der Waals surface area contributed by atoms with E-state index in [0.717, 1.165) is 11.0 Å². The molecule has 5 heteroatoms. The molecule has 1 N–H and O–H groups in total. The Morgan fingerprint density at radius 1 is 1.16 bits per heavy atom. The fraction of sp³-hybridized carbons (Fsp3) is 0.0714. The number of anilines is 2. The van der Waals surface area contributed by atoms with Gasteiger partial charge in [-0.05, 0) is 24.3 Å². The van der Waals surface area contributed by atoms with Crippen LogP contribution in [0, 0.1) is 5.82 Å². The molecule has 0 saturated heterocycles. The second-order valence-corrected chi connectivity index (χ2v) is 3.87. The average Bonchev–Trinajstić information content (AvgIpc) is 2.40. The number of aliphatic hydroxyl groups is 1. The molecule has 0 aromatic heterocycles. The molecule has 0 saturated carbocycles. The number of nitrogens with zero attached hydrogens (tertiary/aromatic N) is 1. The number of hydrogen-bond acceptors (Lipinski definition) is 3. The molecule has 0 bridgehead atoms. The number of carbonyl (C=O) groups is 1. The molecule has 4 nitrogen and oxygen atoms in total. The third-order valence-electron chi connectivity index (χ3n) is 2.66. The van der Waals surface area contributed by atoms with Crippen LogP contribution in [0.1, 0.15) is 5.56 Å². The van der Waals surface area contributed by atoms with E-state index in [9.17, 15) is 14.3 Å². The van der Waals surface area contributed by atoms with Crippen molar-refractivity contribution in [3.8, 4) is 0 Å². The van der Waals surface area contributed by atoms with Gasteiger partial charge in [-0.2, -0.15) is 0 Å². The Kier molecular flexibility index (Phi) is 3.77. The number of carbonyl (C=O) groups excluding carboxylic acids is 1. The number of amides is 1. The van der Waals surface area contributed by atoms with Crippen LogP contribution in [0.3, 0.4) is 0 Å². The van der Waals surface area contributed by atoms with Gasteiger partial charge in [-0.15, -0.1) is 0 Å². The molecule has 2 aromatic carbocycles. The zero-order chi connectivity index (χ0) is 13.8. The summed E-state index contributed by atoms with van der Waals surface area (Å²) in [6.07, 6.45) is -1.46. The highest BCUT2D eigenvalue weighted by atomic mass is 19.1. The van der Waals surface area contributed by atoms with E-state index in [2.05, 4.69) is 0 Å². The van der Waals surface area contributed by atoms with Gasteiger partial charge >= 0.3 is 0 Å². The minimum atomic E-state index is -1.46. The first kappa shape index (κ1) is 13.0. The summed E-state index contributed by atoms with van der Waals surface area (Å²) in [5, 5.41) is 20.1. The highest BCUT2D eigenvalue weighted by Gasteiger charge is 2.12. The molecule has 0 heterocycles. The van der Waals surface area contributed by atoms with E-state index in [4.69, 9.17) is 5.11 Å². The molecule has 0 radical (unpaired) electrons. The minimum absolute atomic E-state index is 0.107. The first-order valence-electron chi connectivity index (χ1n) is 5.59. The number of halogens is 1. The standard InChI is InChI=1S/C14H12FNO3/c15-13-8-12(7-6-10(13)9-17)16(14(18)19)11-4-2-1-3-5-11/h1-8,17H,9H2,(H,18,19)/p-1. The van der Waals surface area contributed by atoms with Gasteiger partial charge in [-0.25, -0.2) is 4.39 Å². The second kappa shape index (κ2) is 5.49. The van der Waals surface area contributed by atoms with E-state index >= 15 is 0 Å². The molecular formula is C14H11FNO3-. The fourth-order valence-electron chi connectivity index (χ4n) is 1.74.